The molecule has 2 N–H and O–H groups in total. The summed E-state index contributed by atoms with van der Waals surface area (Å²) in [7, 11) is 0. The number of H-pyrrole nitrogens is 1. The molecular formula is C14H13N3O2S. The maximum atomic E-state index is 12.0. The van der Waals surface area contributed by atoms with Crippen molar-refractivity contribution in [2.45, 2.75) is 24.1 Å². The van der Waals surface area contributed by atoms with E-state index in [4.69, 9.17) is 4.74 Å². The molecule has 2 aliphatic heterocycles. The molecule has 102 valence electrons. The van der Waals surface area contributed by atoms with Crippen LogP contribution in [0, 0.1) is 0 Å². The molecule has 0 fully saturated rings. The van der Waals surface area contributed by atoms with Crippen molar-refractivity contribution in [3.63, 3.8) is 0 Å². The van der Waals surface area contributed by atoms with Crippen LogP contribution in [0.4, 0.5) is 0 Å². The molecule has 2 aliphatic rings. The first-order valence-corrected chi connectivity index (χ1v) is 7.51. The van der Waals surface area contributed by atoms with E-state index in [1.807, 2.05) is 24.3 Å². The standard InChI is InChI=1S/C14H13N3O2S/c18-14-8-5-15-6-9(8)16-13(17-14)11-7-20-12-4-2-1-3-10(12)19-11/h1-4,11,15H,5-7H2,(H,16,17,18). The van der Waals surface area contributed by atoms with Crippen molar-refractivity contribution in [1.29, 1.82) is 0 Å². The Kier molecular flexibility index (Phi) is 2.78. The summed E-state index contributed by atoms with van der Waals surface area (Å²) >= 11 is 1.73. The van der Waals surface area contributed by atoms with Crippen LogP contribution in [0.2, 0.25) is 0 Å². The van der Waals surface area contributed by atoms with Crippen molar-refractivity contribution in [1.82, 2.24) is 15.3 Å². The average Bonchev–Trinajstić information content (AvgIpc) is 2.96. The minimum absolute atomic E-state index is 0.0533. The summed E-state index contributed by atoms with van der Waals surface area (Å²) in [4.78, 5) is 20.6. The van der Waals surface area contributed by atoms with Crippen LogP contribution in [0.5, 0.6) is 5.75 Å². The third-order valence-electron chi connectivity index (χ3n) is 3.53. The summed E-state index contributed by atoms with van der Waals surface area (Å²) in [5, 5.41) is 3.15. The van der Waals surface area contributed by atoms with E-state index >= 15 is 0 Å². The SMILES string of the molecule is O=c1[nH]c(C2CSc3ccccc3O2)nc2c1CNC2. The smallest absolute Gasteiger partial charge is 0.255 e. The third-order valence-corrected chi connectivity index (χ3v) is 4.64. The number of fused-ring (bicyclic) bond motifs is 2. The van der Waals surface area contributed by atoms with E-state index in [1.165, 1.54) is 0 Å². The number of ether oxygens (including phenoxy) is 1. The predicted molar refractivity (Wildman–Crippen MR) is 75.9 cm³/mol. The zero-order valence-electron chi connectivity index (χ0n) is 10.7. The van der Waals surface area contributed by atoms with Gasteiger partial charge >= 0.3 is 0 Å². The van der Waals surface area contributed by atoms with Gasteiger partial charge in [-0.25, -0.2) is 4.98 Å². The fourth-order valence-corrected chi connectivity index (χ4v) is 3.49. The van der Waals surface area contributed by atoms with Gasteiger partial charge in [0.2, 0.25) is 0 Å². The molecule has 0 aliphatic carbocycles. The Hall–Kier alpha value is -1.79. The van der Waals surface area contributed by atoms with Gasteiger partial charge in [0, 0.05) is 23.7 Å². The molecule has 2 aromatic rings. The fourth-order valence-electron chi connectivity index (χ4n) is 2.50. The van der Waals surface area contributed by atoms with Gasteiger partial charge in [0.05, 0.1) is 11.3 Å². The number of nitrogens with one attached hydrogen (secondary N) is 2. The van der Waals surface area contributed by atoms with Gasteiger partial charge in [0.25, 0.3) is 5.56 Å². The molecule has 0 saturated heterocycles. The molecule has 20 heavy (non-hydrogen) atoms. The lowest BCUT2D eigenvalue weighted by molar-refractivity contribution is 0.209. The Balaban J connectivity index is 1.70. The number of rotatable bonds is 1. The first-order chi connectivity index (χ1) is 9.81. The van der Waals surface area contributed by atoms with Crippen molar-refractivity contribution < 1.29 is 4.74 Å². The molecule has 1 unspecified atom stereocenters. The normalized spacial score (nSPS) is 20.1. The lowest BCUT2D eigenvalue weighted by atomic mass is 10.2. The van der Waals surface area contributed by atoms with E-state index in [9.17, 15) is 4.79 Å². The lowest BCUT2D eigenvalue weighted by Gasteiger charge is -2.24. The molecular weight excluding hydrogens is 274 g/mol. The summed E-state index contributed by atoms with van der Waals surface area (Å²) in [5.74, 6) is 2.24. The van der Waals surface area contributed by atoms with Gasteiger partial charge in [-0.05, 0) is 12.1 Å². The second-order valence-electron chi connectivity index (χ2n) is 4.84. The van der Waals surface area contributed by atoms with E-state index in [2.05, 4.69) is 15.3 Å². The van der Waals surface area contributed by atoms with Gasteiger partial charge in [0.15, 0.2) is 11.9 Å². The molecule has 4 rings (SSSR count). The number of para-hydroxylation sites is 1. The molecule has 3 heterocycles. The van der Waals surface area contributed by atoms with Crippen molar-refractivity contribution in [2.24, 2.45) is 0 Å². The highest BCUT2D eigenvalue weighted by Gasteiger charge is 2.26. The lowest BCUT2D eigenvalue weighted by Crippen LogP contribution is -2.24. The molecule has 1 aromatic carbocycles. The van der Waals surface area contributed by atoms with Crippen molar-refractivity contribution >= 4 is 11.8 Å². The molecule has 0 radical (unpaired) electrons. The second-order valence-corrected chi connectivity index (χ2v) is 5.91. The van der Waals surface area contributed by atoms with Crippen molar-refractivity contribution in [3.05, 3.63) is 51.7 Å². The number of benzene rings is 1. The summed E-state index contributed by atoms with van der Waals surface area (Å²) in [6.45, 7) is 1.25. The fraction of sp³-hybridized carbons (Fsp3) is 0.286. The molecule has 1 aromatic heterocycles. The first kappa shape index (κ1) is 12.0. The van der Waals surface area contributed by atoms with E-state index in [0.29, 0.717) is 18.9 Å². The quantitative estimate of drug-likeness (QED) is 0.834. The Labute approximate surface area is 119 Å². The molecule has 5 nitrogen and oxygen atoms in total. The van der Waals surface area contributed by atoms with E-state index in [0.717, 1.165) is 27.7 Å². The molecule has 1 atom stereocenters. The van der Waals surface area contributed by atoms with Gasteiger partial charge < -0.3 is 15.0 Å². The van der Waals surface area contributed by atoms with Crippen molar-refractivity contribution in [2.75, 3.05) is 5.75 Å². The third kappa shape index (κ3) is 1.92. The van der Waals surface area contributed by atoms with Gasteiger partial charge in [-0.15, -0.1) is 11.8 Å². The average molecular weight is 287 g/mol. The largest absolute Gasteiger partial charge is 0.480 e. The summed E-state index contributed by atoms with van der Waals surface area (Å²) < 4.78 is 5.96. The number of nitrogens with zero attached hydrogens (tertiary/aromatic N) is 1. The molecule has 0 spiro atoms. The highest BCUT2D eigenvalue weighted by Crippen LogP contribution is 2.39. The minimum atomic E-state index is -0.200. The summed E-state index contributed by atoms with van der Waals surface area (Å²) in [5.41, 5.74) is 1.54. The van der Waals surface area contributed by atoms with Crippen LogP contribution in [0.1, 0.15) is 23.2 Å². The zero-order chi connectivity index (χ0) is 13.5. The maximum Gasteiger partial charge on any atom is 0.255 e. The monoisotopic (exact) mass is 287 g/mol. The highest BCUT2D eigenvalue weighted by atomic mass is 32.2. The Morgan fingerprint density at radius 3 is 3.15 bits per heavy atom. The van der Waals surface area contributed by atoms with Crippen LogP contribution in [-0.4, -0.2) is 15.7 Å². The maximum absolute atomic E-state index is 12.0. The number of aromatic amines is 1. The van der Waals surface area contributed by atoms with E-state index < -0.39 is 0 Å². The van der Waals surface area contributed by atoms with E-state index in [-0.39, 0.29) is 11.7 Å². The minimum Gasteiger partial charge on any atom is -0.480 e. The number of hydrogen-bond donors (Lipinski definition) is 2. The summed E-state index contributed by atoms with van der Waals surface area (Å²) in [6, 6.07) is 7.93. The van der Waals surface area contributed by atoms with Crippen LogP contribution in [0.15, 0.2) is 34.0 Å². The molecule has 0 amide bonds. The van der Waals surface area contributed by atoms with Gasteiger partial charge in [-0.3, -0.25) is 4.79 Å². The summed E-state index contributed by atoms with van der Waals surface area (Å²) in [6.07, 6.45) is -0.200. The predicted octanol–water partition coefficient (Wildman–Crippen LogP) is 1.60. The number of hydrogen-bond acceptors (Lipinski definition) is 5. The van der Waals surface area contributed by atoms with Crippen LogP contribution >= 0.6 is 11.8 Å². The number of thioether (sulfide) groups is 1. The van der Waals surface area contributed by atoms with Crippen LogP contribution in [-0.2, 0) is 13.1 Å². The van der Waals surface area contributed by atoms with Gasteiger partial charge in [0.1, 0.15) is 5.75 Å². The number of aromatic nitrogens is 2. The van der Waals surface area contributed by atoms with Crippen molar-refractivity contribution in [3.8, 4) is 5.75 Å². The zero-order valence-corrected chi connectivity index (χ0v) is 11.5. The topological polar surface area (TPSA) is 67.0 Å². The van der Waals surface area contributed by atoms with Crippen LogP contribution in [0.3, 0.4) is 0 Å². The second kappa shape index (κ2) is 4.64. The Morgan fingerprint density at radius 1 is 1.30 bits per heavy atom. The van der Waals surface area contributed by atoms with Gasteiger partial charge in [-0.2, -0.15) is 0 Å². The Bertz CT molecular complexity index is 729. The van der Waals surface area contributed by atoms with Crippen LogP contribution < -0.4 is 15.6 Å². The first-order valence-electron chi connectivity index (χ1n) is 6.52. The highest BCUT2D eigenvalue weighted by molar-refractivity contribution is 7.99. The Morgan fingerprint density at radius 2 is 2.20 bits per heavy atom. The molecule has 0 bridgehead atoms. The van der Waals surface area contributed by atoms with Gasteiger partial charge in [-0.1, -0.05) is 12.1 Å². The molecule has 6 heteroatoms. The van der Waals surface area contributed by atoms with Crippen LogP contribution in [0.25, 0.3) is 0 Å². The van der Waals surface area contributed by atoms with E-state index in [1.54, 1.807) is 11.8 Å². The molecule has 0 saturated carbocycles.